The highest BCUT2D eigenvalue weighted by Crippen LogP contribution is 2.32. The number of rotatable bonds is 3. The minimum absolute atomic E-state index is 0.0592. The van der Waals surface area contributed by atoms with Gasteiger partial charge in [-0.25, -0.2) is 0 Å². The zero-order valence-corrected chi connectivity index (χ0v) is 11.9. The van der Waals surface area contributed by atoms with Gasteiger partial charge in [-0.15, -0.1) is 0 Å². The molecular weight excluding hydrogens is 256 g/mol. The average Bonchev–Trinajstić information content (AvgIpc) is 2.56. The van der Waals surface area contributed by atoms with E-state index in [-0.39, 0.29) is 6.04 Å². The van der Waals surface area contributed by atoms with Crippen LogP contribution in [0.5, 0.6) is 0 Å². The second-order valence-electron chi connectivity index (χ2n) is 5.44. The molecule has 0 spiro atoms. The van der Waals surface area contributed by atoms with E-state index in [4.69, 9.17) is 11.5 Å². The van der Waals surface area contributed by atoms with Crippen LogP contribution in [-0.4, -0.2) is 0 Å². The van der Waals surface area contributed by atoms with Crippen molar-refractivity contribution in [2.24, 2.45) is 11.7 Å². The van der Waals surface area contributed by atoms with E-state index in [0.29, 0.717) is 5.92 Å². The van der Waals surface area contributed by atoms with Crippen molar-refractivity contribution >= 4 is 11.3 Å². The van der Waals surface area contributed by atoms with Crippen LogP contribution < -0.4 is 11.5 Å². The molecule has 21 heavy (non-hydrogen) atoms. The molecule has 0 saturated heterocycles. The maximum absolute atomic E-state index is 6.39. The topological polar surface area (TPSA) is 52.0 Å². The largest absolute Gasteiger partial charge is 0.398 e. The second kappa shape index (κ2) is 5.98. The fourth-order valence-electron chi connectivity index (χ4n) is 2.79. The number of hydrogen-bond acceptors (Lipinski definition) is 2. The lowest BCUT2D eigenvalue weighted by atomic mass is 9.85. The molecule has 0 aromatic heterocycles. The summed E-state index contributed by atoms with van der Waals surface area (Å²) in [4.78, 5) is 0. The first-order chi connectivity index (χ1) is 10.3. The van der Waals surface area contributed by atoms with E-state index in [1.165, 1.54) is 11.1 Å². The first-order valence-corrected chi connectivity index (χ1v) is 7.29. The van der Waals surface area contributed by atoms with E-state index in [1.54, 1.807) is 0 Å². The van der Waals surface area contributed by atoms with Crippen LogP contribution in [0.2, 0.25) is 0 Å². The molecule has 1 aliphatic carbocycles. The molecule has 1 aliphatic rings. The van der Waals surface area contributed by atoms with Crippen LogP contribution in [0.4, 0.5) is 5.69 Å². The Morgan fingerprint density at radius 3 is 2.33 bits per heavy atom. The van der Waals surface area contributed by atoms with Crippen molar-refractivity contribution in [2.75, 3.05) is 5.73 Å². The highest BCUT2D eigenvalue weighted by molar-refractivity contribution is 5.74. The lowest BCUT2D eigenvalue weighted by molar-refractivity contribution is 0.526. The fraction of sp³-hybridized carbons (Fsp3) is 0.158. The predicted molar refractivity (Wildman–Crippen MR) is 89.4 cm³/mol. The van der Waals surface area contributed by atoms with Crippen molar-refractivity contribution in [3.8, 4) is 0 Å². The van der Waals surface area contributed by atoms with Crippen LogP contribution in [-0.2, 0) is 0 Å². The van der Waals surface area contributed by atoms with E-state index in [2.05, 4.69) is 42.5 Å². The predicted octanol–water partition coefficient (Wildman–Crippen LogP) is 3.93. The van der Waals surface area contributed by atoms with E-state index in [9.17, 15) is 0 Å². The Morgan fingerprint density at radius 1 is 0.952 bits per heavy atom. The number of allylic oxidation sites excluding steroid dienone is 3. The summed E-state index contributed by atoms with van der Waals surface area (Å²) in [6.45, 7) is 0. The van der Waals surface area contributed by atoms with Crippen LogP contribution >= 0.6 is 0 Å². The minimum Gasteiger partial charge on any atom is -0.398 e. The van der Waals surface area contributed by atoms with Crippen molar-refractivity contribution in [3.05, 3.63) is 84.0 Å². The van der Waals surface area contributed by atoms with Gasteiger partial charge in [0.2, 0.25) is 0 Å². The van der Waals surface area contributed by atoms with Gasteiger partial charge in [0.1, 0.15) is 0 Å². The zero-order valence-electron chi connectivity index (χ0n) is 11.9. The summed E-state index contributed by atoms with van der Waals surface area (Å²) in [5.41, 5.74) is 16.7. The van der Waals surface area contributed by atoms with Crippen molar-refractivity contribution in [2.45, 2.75) is 12.5 Å². The molecule has 2 unspecified atom stereocenters. The number of anilines is 1. The number of hydrogen-bond donors (Lipinski definition) is 2. The van der Waals surface area contributed by atoms with Crippen LogP contribution in [0.25, 0.3) is 5.57 Å². The molecular formula is C19H20N2. The summed E-state index contributed by atoms with van der Waals surface area (Å²) in [5.74, 6) is 0.294. The smallest absolute Gasteiger partial charge is 0.0382 e. The molecule has 2 aromatic rings. The van der Waals surface area contributed by atoms with E-state index >= 15 is 0 Å². The molecule has 2 aromatic carbocycles. The van der Waals surface area contributed by atoms with Crippen LogP contribution in [0.1, 0.15) is 23.6 Å². The molecule has 0 saturated carbocycles. The third kappa shape index (κ3) is 2.91. The molecule has 0 bridgehead atoms. The van der Waals surface area contributed by atoms with Crippen molar-refractivity contribution < 1.29 is 0 Å². The number of nitrogen functional groups attached to an aromatic ring is 1. The lowest BCUT2D eigenvalue weighted by Gasteiger charge is -2.24. The standard InChI is InChI=1S/C19H20N2/c20-18-9-5-4-8-17(18)19(21)16-12-10-15(11-13-16)14-6-2-1-3-7-14/h1-12,16,19H,13,20-21H2. The summed E-state index contributed by atoms with van der Waals surface area (Å²) in [7, 11) is 0. The quantitative estimate of drug-likeness (QED) is 0.835. The van der Waals surface area contributed by atoms with Gasteiger partial charge in [0.15, 0.2) is 0 Å². The molecule has 0 radical (unpaired) electrons. The molecule has 4 N–H and O–H groups in total. The summed E-state index contributed by atoms with van der Waals surface area (Å²) in [6.07, 6.45) is 7.58. The highest BCUT2D eigenvalue weighted by Gasteiger charge is 2.20. The summed E-state index contributed by atoms with van der Waals surface area (Å²) in [6, 6.07) is 18.2. The van der Waals surface area contributed by atoms with Crippen LogP contribution in [0, 0.1) is 5.92 Å². The van der Waals surface area contributed by atoms with Gasteiger partial charge in [-0.1, -0.05) is 66.8 Å². The van der Waals surface area contributed by atoms with Crippen LogP contribution in [0.3, 0.4) is 0 Å². The summed E-state index contributed by atoms with van der Waals surface area (Å²) >= 11 is 0. The number of nitrogens with two attached hydrogens (primary N) is 2. The first-order valence-electron chi connectivity index (χ1n) is 7.29. The number of benzene rings is 2. The summed E-state index contributed by atoms with van der Waals surface area (Å²) in [5, 5.41) is 0. The molecule has 106 valence electrons. The maximum Gasteiger partial charge on any atom is 0.0382 e. The van der Waals surface area contributed by atoms with Gasteiger partial charge >= 0.3 is 0 Å². The fourth-order valence-corrected chi connectivity index (χ4v) is 2.79. The minimum atomic E-state index is -0.0592. The molecule has 2 nitrogen and oxygen atoms in total. The van der Waals surface area contributed by atoms with E-state index in [0.717, 1.165) is 17.7 Å². The average molecular weight is 276 g/mol. The molecule has 2 atom stereocenters. The van der Waals surface area contributed by atoms with Gasteiger partial charge in [0.05, 0.1) is 0 Å². The molecule has 2 heteroatoms. The molecule has 3 rings (SSSR count). The van der Waals surface area contributed by atoms with E-state index in [1.807, 2.05) is 30.3 Å². The van der Waals surface area contributed by atoms with Crippen molar-refractivity contribution in [1.82, 2.24) is 0 Å². The van der Waals surface area contributed by atoms with Crippen molar-refractivity contribution in [3.63, 3.8) is 0 Å². The van der Waals surface area contributed by atoms with E-state index < -0.39 is 0 Å². The van der Waals surface area contributed by atoms with Crippen molar-refractivity contribution in [1.29, 1.82) is 0 Å². The lowest BCUT2D eigenvalue weighted by Crippen LogP contribution is -2.21. The third-order valence-electron chi connectivity index (χ3n) is 4.06. The Hall–Kier alpha value is -2.32. The maximum atomic E-state index is 6.39. The van der Waals surface area contributed by atoms with Gasteiger partial charge in [0.25, 0.3) is 0 Å². The van der Waals surface area contributed by atoms with Gasteiger partial charge in [0, 0.05) is 11.7 Å². The Balaban J connectivity index is 1.76. The normalized spacial score (nSPS) is 19.1. The number of para-hydroxylation sites is 1. The second-order valence-corrected chi connectivity index (χ2v) is 5.44. The Morgan fingerprint density at radius 2 is 1.67 bits per heavy atom. The monoisotopic (exact) mass is 276 g/mol. The van der Waals surface area contributed by atoms with Gasteiger partial charge in [-0.3, -0.25) is 0 Å². The molecule has 0 amide bonds. The van der Waals surface area contributed by atoms with Crippen LogP contribution in [0.15, 0.2) is 72.8 Å². The van der Waals surface area contributed by atoms with Gasteiger partial charge < -0.3 is 11.5 Å². The third-order valence-corrected chi connectivity index (χ3v) is 4.06. The molecule has 0 heterocycles. The Bertz CT molecular complexity index is 671. The Labute approximate surface area is 125 Å². The van der Waals surface area contributed by atoms with Gasteiger partial charge in [-0.05, 0) is 35.1 Å². The summed E-state index contributed by atoms with van der Waals surface area (Å²) < 4.78 is 0. The molecule has 0 fully saturated rings. The Kier molecular flexibility index (Phi) is 3.89. The highest BCUT2D eigenvalue weighted by atomic mass is 14.7. The SMILES string of the molecule is Nc1ccccc1C(N)C1C=CC(c2ccccc2)=CC1. The zero-order chi connectivity index (χ0) is 14.7. The molecule has 0 aliphatic heterocycles. The van der Waals surface area contributed by atoms with Gasteiger partial charge in [-0.2, -0.15) is 0 Å². The first kappa shape index (κ1) is 13.7.